The first-order chi connectivity index (χ1) is 13.6. The summed E-state index contributed by atoms with van der Waals surface area (Å²) >= 11 is 0. The van der Waals surface area contributed by atoms with Gasteiger partial charge in [0.1, 0.15) is 0 Å². The van der Waals surface area contributed by atoms with Crippen molar-refractivity contribution in [1.29, 1.82) is 0 Å². The topological polar surface area (TPSA) is 61.0 Å². The Morgan fingerprint density at radius 1 is 0.750 bits per heavy atom. The second-order valence-electron chi connectivity index (χ2n) is 6.59. The zero-order chi connectivity index (χ0) is 20.4. The van der Waals surface area contributed by atoms with Gasteiger partial charge < -0.3 is 29.6 Å². The van der Waals surface area contributed by atoms with Crippen LogP contribution in [0.15, 0.2) is 36.4 Å². The third-order valence-corrected chi connectivity index (χ3v) is 4.59. The number of benzene rings is 2. The second-order valence-corrected chi connectivity index (χ2v) is 6.59. The van der Waals surface area contributed by atoms with Crippen LogP contribution in [0.1, 0.15) is 18.9 Å². The highest BCUT2D eigenvalue weighted by atomic mass is 16.5. The van der Waals surface area contributed by atoms with Crippen molar-refractivity contribution in [2.45, 2.75) is 25.8 Å². The Kier molecular flexibility index (Phi) is 8.75. The maximum Gasteiger partial charge on any atom is 0.162 e. The summed E-state index contributed by atoms with van der Waals surface area (Å²) in [6.45, 7) is 4.03. The summed E-state index contributed by atoms with van der Waals surface area (Å²) < 4.78 is 21.3. The molecule has 0 amide bonds. The molecule has 0 aliphatic carbocycles. The van der Waals surface area contributed by atoms with E-state index in [0.717, 1.165) is 54.6 Å². The molecule has 28 heavy (non-hydrogen) atoms. The molecule has 2 rings (SSSR count). The van der Waals surface area contributed by atoms with Gasteiger partial charge in [0.05, 0.1) is 28.4 Å². The van der Waals surface area contributed by atoms with Crippen LogP contribution in [0.5, 0.6) is 23.0 Å². The molecule has 1 unspecified atom stereocenters. The van der Waals surface area contributed by atoms with Gasteiger partial charge in [0.15, 0.2) is 23.0 Å². The lowest BCUT2D eigenvalue weighted by Gasteiger charge is -2.17. The summed E-state index contributed by atoms with van der Waals surface area (Å²) in [7, 11) is 6.59. The zero-order valence-corrected chi connectivity index (χ0v) is 17.5. The summed E-state index contributed by atoms with van der Waals surface area (Å²) in [6, 6.07) is 12.3. The molecule has 0 fully saturated rings. The first kappa shape index (κ1) is 21.7. The third-order valence-electron chi connectivity index (χ3n) is 4.59. The molecule has 0 aromatic heterocycles. The van der Waals surface area contributed by atoms with Crippen molar-refractivity contribution >= 4 is 5.69 Å². The van der Waals surface area contributed by atoms with Crippen molar-refractivity contribution in [1.82, 2.24) is 5.32 Å². The molecule has 0 spiro atoms. The smallest absolute Gasteiger partial charge is 0.162 e. The van der Waals surface area contributed by atoms with Crippen molar-refractivity contribution in [2.75, 3.05) is 46.8 Å². The number of methoxy groups -OCH3 is 4. The average Bonchev–Trinajstić information content (AvgIpc) is 2.73. The fourth-order valence-corrected chi connectivity index (χ4v) is 3.00. The van der Waals surface area contributed by atoms with Crippen LogP contribution in [0.2, 0.25) is 0 Å². The summed E-state index contributed by atoms with van der Waals surface area (Å²) in [5.74, 6) is 2.99. The van der Waals surface area contributed by atoms with E-state index in [1.807, 2.05) is 30.3 Å². The van der Waals surface area contributed by atoms with Gasteiger partial charge in [-0.05, 0) is 62.7 Å². The molecule has 154 valence electrons. The van der Waals surface area contributed by atoms with Gasteiger partial charge in [0.25, 0.3) is 0 Å². The monoisotopic (exact) mass is 388 g/mol. The van der Waals surface area contributed by atoms with Gasteiger partial charge in [-0.1, -0.05) is 6.07 Å². The van der Waals surface area contributed by atoms with Crippen molar-refractivity contribution < 1.29 is 18.9 Å². The zero-order valence-electron chi connectivity index (χ0n) is 17.5. The molecule has 0 radical (unpaired) electrons. The largest absolute Gasteiger partial charge is 0.493 e. The van der Waals surface area contributed by atoms with Crippen LogP contribution in [0, 0.1) is 0 Å². The highest BCUT2D eigenvalue weighted by Crippen LogP contribution is 2.30. The van der Waals surface area contributed by atoms with Crippen molar-refractivity contribution in [3.63, 3.8) is 0 Å². The van der Waals surface area contributed by atoms with Crippen LogP contribution >= 0.6 is 0 Å². The first-order valence-corrected chi connectivity index (χ1v) is 9.51. The van der Waals surface area contributed by atoms with Gasteiger partial charge in [0.2, 0.25) is 0 Å². The van der Waals surface area contributed by atoms with Crippen LogP contribution in [0.4, 0.5) is 5.69 Å². The normalized spacial score (nSPS) is 11.6. The lowest BCUT2D eigenvalue weighted by Crippen LogP contribution is -2.25. The van der Waals surface area contributed by atoms with E-state index in [1.54, 1.807) is 28.4 Å². The van der Waals surface area contributed by atoms with Gasteiger partial charge in [-0.15, -0.1) is 0 Å². The fraction of sp³-hybridized carbons (Fsp3) is 0.455. The van der Waals surface area contributed by atoms with E-state index < -0.39 is 0 Å². The van der Waals surface area contributed by atoms with E-state index in [9.17, 15) is 0 Å². The number of ether oxygens (including phenoxy) is 4. The van der Waals surface area contributed by atoms with Crippen LogP contribution in [0.3, 0.4) is 0 Å². The molecule has 6 nitrogen and oxygen atoms in total. The number of rotatable bonds is 12. The maximum atomic E-state index is 5.35. The van der Waals surface area contributed by atoms with E-state index in [4.69, 9.17) is 18.9 Å². The van der Waals surface area contributed by atoms with Gasteiger partial charge in [-0.3, -0.25) is 0 Å². The van der Waals surface area contributed by atoms with E-state index in [-0.39, 0.29) is 0 Å². The van der Waals surface area contributed by atoms with Crippen LogP contribution in [-0.4, -0.2) is 47.6 Å². The average molecular weight is 389 g/mol. The van der Waals surface area contributed by atoms with Gasteiger partial charge in [-0.2, -0.15) is 0 Å². The summed E-state index contributed by atoms with van der Waals surface area (Å²) in [4.78, 5) is 0. The van der Waals surface area contributed by atoms with Crippen molar-refractivity contribution in [3.8, 4) is 23.0 Å². The van der Waals surface area contributed by atoms with Crippen LogP contribution in [0.25, 0.3) is 0 Å². The Balaban J connectivity index is 1.72. The number of hydrogen-bond acceptors (Lipinski definition) is 6. The number of hydrogen-bond donors (Lipinski definition) is 2. The summed E-state index contributed by atoms with van der Waals surface area (Å²) in [6.07, 6.45) is 1.96. The molecular weight excluding hydrogens is 356 g/mol. The Morgan fingerprint density at radius 3 is 2.00 bits per heavy atom. The summed E-state index contributed by atoms with van der Waals surface area (Å²) in [5, 5.41) is 7.00. The molecule has 0 heterocycles. The predicted molar refractivity (Wildman–Crippen MR) is 113 cm³/mol. The Labute approximate surface area is 168 Å². The van der Waals surface area contributed by atoms with Gasteiger partial charge in [-0.25, -0.2) is 0 Å². The predicted octanol–water partition coefficient (Wildman–Crippen LogP) is 3.74. The SMILES string of the molecule is COc1ccc(CCNCCC(C)Nc2ccc(OC)c(OC)c2)cc1OC. The Hall–Kier alpha value is -2.60. The number of anilines is 1. The maximum absolute atomic E-state index is 5.35. The Bertz CT molecular complexity index is 736. The fourth-order valence-electron chi connectivity index (χ4n) is 3.00. The van der Waals surface area contributed by atoms with Gasteiger partial charge >= 0.3 is 0 Å². The first-order valence-electron chi connectivity index (χ1n) is 9.51. The highest BCUT2D eigenvalue weighted by molar-refractivity contribution is 5.55. The molecule has 0 aliphatic heterocycles. The minimum atomic E-state index is 0.340. The molecule has 0 bridgehead atoms. The summed E-state index contributed by atoms with van der Waals surface area (Å²) in [5.41, 5.74) is 2.25. The third kappa shape index (κ3) is 6.23. The minimum Gasteiger partial charge on any atom is -0.493 e. The van der Waals surface area contributed by atoms with E-state index in [0.29, 0.717) is 6.04 Å². The molecule has 0 aliphatic rings. The molecule has 1 atom stereocenters. The van der Waals surface area contributed by atoms with Crippen LogP contribution in [-0.2, 0) is 6.42 Å². The second kappa shape index (κ2) is 11.3. The lowest BCUT2D eigenvalue weighted by molar-refractivity contribution is 0.354. The highest BCUT2D eigenvalue weighted by Gasteiger charge is 2.07. The number of nitrogens with one attached hydrogen (secondary N) is 2. The quantitative estimate of drug-likeness (QED) is 0.540. The standard InChI is InChI=1S/C22H32N2O4/c1-16(24-18-7-9-20(26-3)22(15-18)28-5)10-12-23-13-11-17-6-8-19(25-2)21(14-17)27-4/h6-9,14-16,23-24H,10-13H2,1-5H3. The molecule has 6 heteroatoms. The molecule has 2 N–H and O–H groups in total. The minimum absolute atomic E-state index is 0.340. The molecule has 2 aromatic carbocycles. The van der Waals surface area contributed by atoms with E-state index in [1.165, 1.54) is 5.56 Å². The molecule has 2 aromatic rings. The van der Waals surface area contributed by atoms with Crippen LogP contribution < -0.4 is 29.6 Å². The molecule has 0 saturated heterocycles. The Morgan fingerprint density at radius 2 is 1.36 bits per heavy atom. The van der Waals surface area contributed by atoms with E-state index in [2.05, 4.69) is 23.6 Å². The van der Waals surface area contributed by atoms with Crippen molar-refractivity contribution in [3.05, 3.63) is 42.0 Å². The lowest BCUT2D eigenvalue weighted by atomic mass is 10.1. The molecule has 0 saturated carbocycles. The van der Waals surface area contributed by atoms with Crippen molar-refractivity contribution in [2.24, 2.45) is 0 Å². The van der Waals surface area contributed by atoms with Gasteiger partial charge in [0, 0.05) is 17.8 Å². The molecular formula is C22H32N2O4. The van der Waals surface area contributed by atoms with E-state index >= 15 is 0 Å².